The number of carboxylic acids is 1. The van der Waals surface area contributed by atoms with Gasteiger partial charge in [0.1, 0.15) is 9.88 Å². The van der Waals surface area contributed by atoms with E-state index >= 15 is 0 Å². The Balaban J connectivity index is 1.71. The highest BCUT2D eigenvalue weighted by Crippen LogP contribution is 2.29. The third-order valence-corrected chi connectivity index (χ3v) is 5.35. The predicted octanol–water partition coefficient (Wildman–Crippen LogP) is 3.10. The summed E-state index contributed by atoms with van der Waals surface area (Å²) >= 11 is 1.37. The molecule has 5 nitrogen and oxygen atoms in total. The highest BCUT2D eigenvalue weighted by atomic mass is 32.1. The van der Waals surface area contributed by atoms with Gasteiger partial charge in [-0.25, -0.2) is 4.98 Å². The molecular formula is C17H18N2O3S. The molecule has 2 N–H and O–H groups in total. The average molecular weight is 330 g/mol. The largest absolute Gasteiger partial charge is 0.481 e. The number of rotatable bonds is 4. The van der Waals surface area contributed by atoms with E-state index in [0.29, 0.717) is 29.8 Å². The van der Waals surface area contributed by atoms with Crippen LogP contribution in [0, 0.1) is 12.8 Å². The second-order valence-electron chi connectivity index (χ2n) is 5.82. The third kappa shape index (κ3) is 3.42. The number of hydrogen-bond donors (Lipinski definition) is 2. The Morgan fingerprint density at radius 2 is 2.00 bits per heavy atom. The summed E-state index contributed by atoms with van der Waals surface area (Å²) in [5.41, 5.74) is 1.70. The number of carboxylic acid groups (broad SMARTS) is 1. The molecule has 1 aliphatic rings. The molecule has 2 atom stereocenters. The minimum Gasteiger partial charge on any atom is -0.481 e. The SMILES string of the molecule is Cc1nc(-c2ccccc2)sc1C(=O)N[C@@H]1CC[C@H](C(=O)O)C1. The Hall–Kier alpha value is -2.21. The third-order valence-electron chi connectivity index (χ3n) is 4.14. The molecule has 1 aromatic carbocycles. The van der Waals surface area contributed by atoms with Gasteiger partial charge in [-0.1, -0.05) is 30.3 Å². The molecular weight excluding hydrogens is 312 g/mol. The fourth-order valence-electron chi connectivity index (χ4n) is 2.90. The standard InChI is InChI=1S/C17H18N2O3S/c1-10-14(23-16(18-10)11-5-3-2-4-6-11)15(20)19-13-8-7-12(9-13)17(21)22/h2-6,12-13H,7-9H2,1H3,(H,19,20)(H,21,22)/t12-,13+/m0/s1. The number of carbonyl (C=O) groups excluding carboxylic acids is 1. The van der Waals surface area contributed by atoms with Gasteiger partial charge in [0.25, 0.3) is 5.91 Å². The van der Waals surface area contributed by atoms with Gasteiger partial charge in [0, 0.05) is 11.6 Å². The van der Waals surface area contributed by atoms with Crippen molar-refractivity contribution in [3.05, 3.63) is 40.9 Å². The fraction of sp³-hybridized carbons (Fsp3) is 0.353. The van der Waals surface area contributed by atoms with Crippen molar-refractivity contribution in [1.29, 1.82) is 0 Å². The summed E-state index contributed by atoms with van der Waals surface area (Å²) in [6.45, 7) is 1.83. The molecule has 3 rings (SSSR count). The quantitative estimate of drug-likeness (QED) is 0.903. The number of carbonyl (C=O) groups is 2. The van der Waals surface area contributed by atoms with Crippen LogP contribution in [0.5, 0.6) is 0 Å². The topological polar surface area (TPSA) is 79.3 Å². The molecule has 1 aromatic heterocycles. The minimum atomic E-state index is -0.776. The molecule has 0 bridgehead atoms. The molecule has 0 radical (unpaired) electrons. The Bertz CT molecular complexity index is 727. The van der Waals surface area contributed by atoms with Crippen LogP contribution < -0.4 is 5.32 Å². The molecule has 120 valence electrons. The molecule has 1 heterocycles. The summed E-state index contributed by atoms with van der Waals surface area (Å²) in [6.07, 6.45) is 1.84. The highest BCUT2D eigenvalue weighted by Gasteiger charge is 2.31. The van der Waals surface area contributed by atoms with Crippen molar-refractivity contribution >= 4 is 23.2 Å². The van der Waals surface area contributed by atoms with E-state index < -0.39 is 5.97 Å². The Labute approximate surface area is 138 Å². The van der Waals surface area contributed by atoms with Crippen LogP contribution in [-0.4, -0.2) is 28.0 Å². The molecule has 23 heavy (non-hydrogen) atoms. The maximum atomic E-state index is 12.5. The number of nitrogens with zero attached hydrogens (tertiary/aromatic N) is 1. The Kier molecular flexibility index (Phi) is 4.43. The number of hydrogen-bond acceptors (Lipinski definition) is 4. The Morgan fingerprint density at radius 1 is 1.26 bits per heavy atom. The van der Waals surface area contributed by atoms with Gasteiger partial charge in [-0.15, -0.1) is 11.3 Å². The highest BCUT2D eigenvalue weighted by molar-refractivity contribution is 7.17. The molecule has 1 saturated carbocycles. The summed E-state index contributed by atoms with van der Waals surface area (Å²) in [6, 6.07) is 9.69. The summed E-state index contributed by atoms with van der Waals surface area (Å²) in [7, 11) is 0. The van der Waals surface area contributed by atoms with E-state index in [9.17, 15) is 9.59 Å². The second kappa shape index (κ2) is 6.50. The van der Waals surface area contributed by atoms with Gasteiger partial charge in [0.2, 0.25) is 0 Å². The second-order valence-corrected chi connectivity index (χ2v) is 6.82. The van der Waals surface area contributed by atoms with E-state index in [0.717, 1.165) is 10.6 Å². The zero-order valence-electron chi connectivity index (χ0n) is 12.8. The van der Waals surface area contributed by atoms with Crippen molar-refractivity contribution in [1.82, 2.24) is 10.3 Å². The first kappa shape index (κ1) is 15.7. The zero-order chi connectivity index (χ0) is 16.4. The van der Waals surface area contributed by atoms with E-state index in [1.54, 1.807) is 0 Å². The van der Waals surface area contributed by atoms with Gasteiger partial charge < -0.3 is 10.4 Å². The van der Waals surface area contributed by atoms with Gasteiger partial charge in [0.15, 0.2) is 0 Å². The number of amides is 1. The lowest BCUT2D eigenvalue weighted by Gasteiger charge is -2.11. The molecule has 0 saturated heterocycles. The van der Waals surface area contributed by atoms with Gasteiger partial charge in [-0.2, -0.15) is 0 Å². The van der Waals surface area contributed by atoms with Gasteiger partial charge >= 0.3 is 5.97 Å². The molecule has 6 heteroatoms. The van der Waals surface area contributed by atoms with E-state index in [1.165, 1.54) is 11.3 Å². The normalized spacial score (nSPS) is 20.4. The van der Waals surface area contributed by atoms with E-state index in [4.69, 9.17) is 5.11 Å². The van der Waals surface area contributed by atoms with Crippen LogP contribution in [0.25, 0.3) is 10.6 Å². The molecule has 0 spiro atoms. The zero-order valence-corrected chi connectivity index (χ0v) is 13.6. The van der Waals surface area contributed by atoms with Gasteiger partial charge in [-0.05, 0) is 26.2 Å². The van der Waals surface area contributed by atoms with E-state index in [1.807, 2.05) is 37.3 Å². The summed E-state index contributed by atoms with van der Waals surface area (Å²) in [5, 5.41) is 12.8. The molecule has 1 aliphatic carbocycles. The lowest BCUT2D eigenvalue weighted by molar-refractivity contribution is -0.141. The molecule has 2 aromatic rings. The number of benzene rings is 1. The van der Waals surface area contributed by atoms with Crippen molar-refractivity contribution in [3.63, 3.8) is 0 Å². The van der Waals surface area contributed by atoms with Crippen LogP contribution in [0.15, 0.2) is 30.3 Å². The average Bonchev–Trinajstić information content (AvgIpc) is 3.15. The van der Waals surface area contributed by atoms with Crippen LogP contribution >= 0.6 is 11.3 Å². The Morgan fingerprint density at radius 3 is 2.65 bits per heavy atom. The van der Waals surface area contributed by atoms with E-state index in [-0.39, 0.29) is 17.9 Å². The number of aryl methyl sites for hydroxylation is 1. The van der Waals surface area contributed by atoms with Crippen molar-refractivity contribution in [2.24, 2.45) is 5.92 Å². The number of aromatic nitrogens is 1. The first-order valence-corrected chi connectivity index (χ1v) is 8.42. The van der Waals surface area contributed by atoms with Crippen LogP contribution in [-0.2, 0) is 4.79 Å². The monoisotopic (exact) mass is 330 g/mol. The molecule has 0 aliphatic heterocycles. The van der Waals surface area contributed by atoms with Crippen LogP contribution in [0.3, 0.4) is 0 Å². The van der Waals surface area contributed by atoms with Crippen molar-refractivity contribution in [2.45, 2.75) is 32.2 Å². The van der Waals surface area contributed by atoms with Crippen molar-refractivity contribution < 1.29 is 14.7 Å². The summed E-state index contributed by atoms with van der Waals surface area (Å²) in [4.78, 5) is 28.5. The van der Waals surface area contributed by atoms with E-state index in [2.05, 4.69) is 10.3 Å². The van der Waals surface area contributed by atoms with Crippen LogP contribution in [0.4, 0.5) is 0 Å². The van der Waals surface area contributed by atoms with Crippen LogP contribution in [0.2, 0.25) is 0 Å². The minimum absolute atomic E-state index is 0.0646. The van der Waals surface area contributed by atoms with Crippen molar-refractivity contribution in [3.8, 4) is 10.6 Å². The fourth-order valence-corrected chi connectivity index (χ4v) is 3.87. The number of aliphatic carboxylic acids is 1. The first-order chi connectivity index (χ1) is 11.0. The smallest absolute Gasteiger partial charge is 0.306 e. The maximum absolute atomic E-state index is 12.5. The lowest BCUT2D eigenvalue weighted by Crippen LogP contribution is -2.33. The number of thiazole rings is 1. The number of nitrogens with one attached hydrogen (secondary N) is 1. The van der Waals surface area contributed by atoms with Crippen molar-refractivity contribution in [2.75, 3.05) is 0 Å². The summed E-state index contributed by atoms with van der Waals surface area (Å²) < 4.78 is 0. The van der Waals surface area contributed by atoms with Gasteiger partial charge in [0.05, 0.1) is 11.6 Å². The molecule has 0 unspecified atom stereocenters. The predicted molar refractivity (Wildman–Crippen MR) is 88.5 cm³/mol. The van der Waals surface area contributed by atoms with Gasteiger partial charge in [-0.3, -0.25) is 9.59 Å². The summed E-state index contributed by atoms with van der Waals surface area (Å²) in [5.74, 6) is -1.27. The molecule has 1 amide bonds. The van der Waals surface area contributed by atoms with Crippen LogP contribution in [0.1, 0.15) is 34.6 Å². The maximum Gasteiger partial charge on any atom is 0.306 e. The molecule has 1 fully saturated rings. The first-order valence-electron chi connectivity index (χ1n) is 7.61. The lowest BCUT2D eigenvalue weighted by atomic mass is 10.1.